The number of amides is 1. The number of rotatable bonds is 8. The van der Waals surface area contributed by atoms with Gasteiger partial charge in [-0.05, 0) is 38.1 Å². The van der Waals surface area contributed by atoms with Gasteiger partial charge in [-0.3, -0.25) is 4.79 Å². The summed E-state index contributed by atoms with van der Waals surface area (Å²) in [5.41, 5.74) is 1.19. The van der Waals surface area contributed by atoms with Crippen molar-refractivity contribution in [3.05, 3.63) is 52.7 Å². The molecule has 0 bridgehead atoms. The van der Waals surface area contributed by atoms with Crippen LogP contribution >= 0.6 is 11.3 Å². The van der Waals surface area contributed by atoms with E-state index in [4.69, 9.17) is 9.15 Å². The molecule has 2 aromatic heterocycles. The Kier molecular flexibility index (Phi) is 6.24. The van der Waals surface area contributed by atoms with Crippen molar-refractivity contribution in [1.29, 1.82) is 0 Å². The normalized spacial score (nSPS) is 10.8. The Balaban J connectivity index is 1.42. The lowest BCUT2D eigenvalue weighted by molar-refractivity contribution is -0.130. The molecule has 2 heterocycles. The summed E-state index contributed by atoms with van der Waals surface area (Å²) < 4.78 is 11.3. The van der Waals surface area contributed by atoms with Crippen molar-refractivity contribution in [2.24, 2.45) is 0 Å². The molecule has 1 amide bonds. The molecule has 0 unspecified atom stereocenters. The molecule has 0 atom stereocenters. The van der Waals surface area contributed by atoms with Crippen molar-refractivity contribution < 1.29 is 13.9 Å². The quantitative estimate of drug-likeness (QED) is 0.588. The SMILES string of the molecule is Cc1ccc(OCCN(C)C(=O)CCc2nnc(-c3ccc(C)s3)o2)cc1. The molecule has 0 saturated heterocycles. The van der Waals surface area contributed by atoms with E-state index in [-0.39, 0.29) is 5.91 Å². The summed E-state index contributed by atoms with van der Waals surface area (Å²) in [6.45, 7) is 5.04. The first-order valence-corrected chi connectivity index (χ1v) is 9.65. The molecule has 0 aliphatic rings. The van der Waals surface area contributed by atoms with Crippen LogP contribution in [0.4, 0.5) is 0 Å². The molecule has 3 rings (SSSR count). The Hall–Kier alpha value is -2.67. The first-order chi connectivity index (χ1) is 13.0. The lowest BCUT2D eigenvalue weighted by Gasteiger charge is -2.17. The van der Waals surface area contributed by atoms with Gasteiger partial charge in [0.15, 0.2) is 0 Å². The van der Waals surface area contributed by atoms with Gasteiger partial charge in [-0.15, -0.1) is 21.5 Å². The Morgan fingerprint density at radius 3 is 2.63 bits per heavy atom. The number of aryl methyl sites for hydroxylation is 3. The molecule has 0 N–H and O–H groups in total. The fraction of sp³-hybridized carbons (Fsp3) is 0.350. The van der Waals surface area contributed by atoms with E-state index in [0.717, 1.165) is 10.6 Å². The Morgan fingerprint density at radius 1 is 1.15 bits per heavy atom. The van der Waals surface area contributed by atoms with Crippen LogP contribution in [-0.2, 0) is 11.2 Å². The summed E-state index contributed by atoms with van der Waals surface area (Å²) in [7, 11) is 1.77. The van der Waals surface area contributed by atoms with Gasteiger partial charge in [-0.1, -0.05) is 17.7 Å². The van der Waals surface area contributed by atoms with E-state index >= 15 is 0 Å². The number of ether oxygens (including phenoxy) is 1. The van der Waals surface area contributed by atoms with Crippen LogP contribution in [0.25, 0.3) is 10.8 Å². The van der Waals surface area contributed by atoms with E-state index in [0.29, 0.717) is 37.8 Å². The average Bonchev–Trinajstić information content (AvgIpc) is 3.30. The monoisotopic (exact) mass is 385 g/mol. The molecule has 6 nitrogen and oxygen atoms in total. The third-order valence-electron chi connectivity index (χ3n) is 4.11. The van der Waals surface area contributed by atoms with E-state index in [1.54, 1.807) is 23.3 Å². The standard InChI is InChI=1S/C20H23N3O3S/c1-14-4-7-16(8-5-14)25-13-12-23(3)19(24)11-10-18-21-22-20(26-18)17-9-6-15(2)27-17/h4-9H,10-13H2,1-3H3. The number of benzene rings is 1. The smallest absolute Gasteiger partial charge is 0.257 e. The number of nitrogens with zero attached hydrogens (tertiary/aromatic N) is 3. The molecular formula is C20H23N3O3S. The molecule has 0 fully saturated rings. The van der Waals surface area contributed by atoms with Crippen molar-refractivity contribution in [2.45, 2.75) is 26.7 Å². The minimum atomic E-state index is 0.0224. The molecule has 7 heteroatoms. The maximum absolute atomic E-state index is 12.3. The molecule has 0 spiro atoms. The van der Waals surface area contributed by atoms with Crippen LogP contribution in [0.2, 0.25) is 0 Å². The second-order valence-corrected chi connectivity index (χ2v) is 7.68. The molecule has 142 valence electrons. The predicted molar refractivity (Wildman–Crippen MR) is 105 cm³/mol. The van der Waals surface area contributed by atoms with Crippen LogP contribution in [0, 0.1) is 13.8 Å². The highest BCUT2D eigenvalue weighted by Gasteiger charge is 2.14. The number of hydrogen-bond donors (Lipinski definition) is 0. The summed E-state index contributed by atoms with van der Waals surface area (Å²) in [6, 6.07) is 11.8. The van der Waals surface area contributed by atoms with Crippen LogP contribution < -0.4 is 4.74 Å². The molecule has 0 radical (unpaired) electrons. The molecule has 0 saturated carbocycles. The molecule has 0 aliphatic heterocycles. The maximum atomic E-state index is 12.3. The van der Waals surface area contributed by atoms with Crippen LogP contribution in [0.5, 0.6) is 5.75 Å². The lowest BCUT2D eigenvalue weighted by atomic mass is 10.2. The third kappa shape index (κ3) is 5.40. The largest absolute Gasteiger partial charge is 0.492 e. The summed E-state index contributed by atoms with van der Waals surface area (Å²) in [5.74, 6) is 1.82. The Morgan fingerprint density at radius 2 is 1.93 bits per heavy atom. The number of hydrogen-bond acceptors (Lipinski definition) is 6. The van der Waals surface area contributed by atoms with Gasteiger partial charge in [0.2, 0.25) is 11.8 Å². The van der Waals surface area contributed by atoms with Crippen LogP contribution in [0.1, 0.15) is 22.8 Å². The van der Waals surface area contributed by atoms with E-state index in [1.807, 2.05) is 50.2 Å². The van der Waals surface area contributed by atoms with E-state index < -0.39 is 0 Å². The predicted octanol–water partition coefficient (Wildman–Crippen LogP) is 3.88. The molecule has 27 heavy (non-hydrogen) atoms. The molecule has 1 aromatic carbocycles. The number of carbonyl (C=O) groups is 1. The maximum Gasteiger partial charge on any atom is 0.257 e. The fourth-order valence-electron chi connectivity index (χ4n) is 2.47. The summed E-state index contributed by atoms with van der Waals surface area (Å²) >= 11 is 1.61. The Labute approximate surface area is 162 Å². The Bertz CT molecular complexity index is 886. The fourth-order valence-corrected chi connectivity index (χ4v) is 3.26. The first-order valence-electron chi connectivity index (χ1n) is 8.84. The molecule has 3 aromatic rings. The minimum absolute atomic E-state index is 0.0224. The zero-order chi connectivity index (χ0) is 19.2. The van der Waals surface area contributed by atoms with Crippen molar-refractivity contribution >= 4 is 17.2 Å². The van der Waals surface area contributed by atoms with Gasteiger partial charge in [0.05, 0.1) is 11.4 Å². The zero-order valence-corrected chi connectivity index (χ0v) is 16.6. The first kappa shape index (κ1) is 19.1. The summed E-state index contributed by atoms with van der Waals surface area (Å²) in [6.07, 6.45) is 0.755. The van der Waals surface area contributed by atoms with Gasteiger partial charge >= 0.3 is 0 Å². The highest BCUT2D eigenvalue weighted by Crippen LogP contribution is 2.26. The van der Waals surface area contributed by atoms with Gasteiger partial charge < -0.3 is 14.1 Å². The summed E-state index contributed by atoms with van der Waals surface area (Å²) in [5, 5.41) is 8.10. The van der Waals surface area contributed by atoms with Crippen LogP contribution in [0.3, 0.4) is 0 Å². The van der Waals surface area contributed by atoms with Gasteiger partial charge in [0.1, 0.15) is 12.4 Å². The number of thiophene rings is 1. The number of carbonyl (C=O) groups excluding carboxylic acids is 1. The minimum Gasteiger partial charge on any atom is -0.492 e. The topological polar surface area (TPSA) is 68.5 Å². The van der Waals surface area contributed by atoms with Crippen LogP contribution in [0.15, 0.2) is 40.8 Å². The van der Waals surface area contributed by atoms with E-state index in [1.165, 1.54) is 10.4 Å². The van der Waals surface area contributed by atoms with Gasteiger partial charge in [-0.2, -0.15) is 0 Å². The lowest BCUT2D eigenvalue weighted by Crippen LogP contribution is -2.31. The molecular weight excluding hydrogens is 362 g/mol. The zero-order valence-electron chi connectivity index (χ0n) is 15.8. The average molecular weight is 385 g/mol. The van der Waals surface area contributed by atoms with Crippen LogP contribution in [-0.4, -0.2) is 41.2 Å². The van der Waals surface area contributed by atoms with Crippen molar-refractivity contribution in [1.82, 2.24) is 15.1 Å². The second-order valence-electron chi connectivity index (χ2n) is 6.39. The highest BCUT2D eigenvalue weighted by atomic mass is 32.1. The second kappa shape index (κ2) is 8.81. The highest BCUT2D eigenvalue weighted by molar-refractivity contribution is 7.15. The van der Waals surface area contributed by atoms with Gasteiger partial charge in [0, 0.05) is 24.8 Å². The number of likely N-dealkylation sites (N-methyl/N-ethyl adjacent to an activating group) is 1. The van der Waals surface area contributed by atoms with Gasteiger partial charge in [0.25, 0.3) is 5.89 Å². The molecule has 0 aliphatic carbocycles. The van der Waals surface area contributed by atoms with Gasteiger partial charge in [-0.25, -0.2) is 0 Å². The van der Waals surface area contributed by atoms with E-state index in [2.05, 4.69) is 10.2 Å². The van der Waals surface area contributed by atoms with Crippen molar-refractivity contribution in [2.75, 3.05) is 20.2 Å². The van der Waals surface area contributed by atoms with Crippen molar-refractivity contribution in [3.63, 3.8) is 0 Å². The third-order valence-corrected chi connectivity index (χ3v) is 5.10. The van der Waals surface area contributed by atoms with Crippen molar-refractivity contribution in [3.8, 4) is 16.5 Å². The van der Waals surface area contributed by atoms with E-state index in [9.17, 15) is 4.79 Å². The summed E-state index contributed by atoms with van der Waals surface area (Å²) in [4.78, 5) is 16.1. The number of aromatic nitrogens is 2.